The van der Waals surface area contributed by atoms with Crippen LogP contribution < -0.4 is 11.1 Å². The van der Waals surface area contributed by atoms with Crippen molar-refractivity contribution in [3.63, 3.8) is 0 Å². The molecule has 1 aliphatic heterocycles. The number of hydrogen-bond donors (Lipinski definition) is 2. The molecule has 3 N–H and O–H groups in total. The van der Waals surface area contributed by atoms with Crippen molar-refractivity contribution in [3.8, 4) is 0 Å². The average Bonchev–Trinajstić information content (AvgIpc) is 3.16. The second-order valence-electron chi connectivity index (χ2n) is 5.90. The summed E-state index contributed by atoms with van der Waals surface area (Å²) in [4.78, 5) is 27.4. The Labute approximate surface area is 157 Å². The van der Waals surface area contributed by atoms with E-state index in [0.717, 1.165) is 25.8 Å². The zero-order valence-corrected chi connectivity index (χ0v) is 15.4. The van der Waals surface area contributed by atoms with Gasteiger partial charge in [0.2, 0.25) is 0 Å². The summed E-state index contributed by atoms with van der Waals surface area (Å²) in [5.74, 6) is -0.176. The van der Waals surface area contributed by atoms with E-state index in [2.05, 4.69) is 5.32 Å². The number of piperidine rings is 1. The molecular formula is C18H22ClN3O2S. The summed E-state index contributed by atoms with van der Waals surface area (Å²) in [5.41, 5.74) is 7.02. The number of halogens is 1. The van der Waals surface area contributed by atoms with Gasteiger partial charge < -0.3 is 16.0 Å². The van der Waals surface area contributed by atoms with Crippen LogP contribution in [0.25, 0.3) is 0 Å². The van der Waals surface area contributed by atoms with Gasteiger partial charge in [0, 0.05) is 30.4 Å². The van der Waals surface area contributed by atoms with Crippen LogP contribution in [-0.4, -0.2) is 35.8 Å². The van der Waals surface area contributed by atoms with Crippen molar-refractivity contribution in [2.45, 2.75) is 25.3 Å². The Hall–Kier alpha value is -1.89. The molecular weight excluding hydrogens is 358 g/mol. The molecule has 1 atom stereocenters. The summed E-state index contributed by atoms with van der Waals surface area (Å²) in [7, 11) is 0. The number of hydrogen-bond acceptors (Lipinski definition) is 4. The van der Waals surface area contributed by atoms with Gasteiger partial charge in [-0.15, -0.1) is 23.7 Å². The van der Waals surface area contributed by atoms with E-state index in [1.165, 1.54) is 11.3 Å². The van der Waals surface area contributed by atoms with Gasteiger partial charge in [0.05, 0.1) is 4.88 Å². The fourth-order valence-corrected chi connectivity index (χ4v) is 3.63. The fourth-order valence-electron chi connectivity index (χ4n) is 3.01. The van der Waals surface area contributed by atoms with Crippen LogP contribution in [0.15, 0.2) is 41.8 Å². The predicted octanol–water partition coefficient (Wildman–Crippen LogP) is 3.38. The summed E-state index contributed by atoms with van der Waals surface area (Å²) >= 11 is 1.39. The molecule has 2 aromatic rings. The molecule has 3 rings (SSSR count). The van der Waals surface area contributed by atoms with Crippen molar-refractivity contribution in [2.75, 3.05) is 18.4 Å². The molecule has 1 aliphatic rings. The number of benzene rings is 1. The van der Waals surface area contributed by atoms with E-state index in [1.54, 1.807) is 30.3 Å². The lowest BCUT2D eigenvalue weighted by Gasteiger charge is -2.35. The summed E-state index contributed by atoms with van der Waals surface area (Å²) in [6.07, 6.45) is 3.08. The van der Waals surface area contributed by atoms with Crippen LogP contribution in [0, 0.1) is 0 Å². The SMILES string of the molecule is Cl.NCC1CCCCN1C(=O)c1cccc(NC(=O)c2cccs2)c1. The maximum absolute atomic E-state index is 12.8. The van der Waals surface area contributed by atoms with Crippen LogP contribution >= 0.6 is 23.7 Å². The van der Waals surface area contributed by atoms with Gasteiger partial charge in [-0.05, 0) is 48.9 Å². The number of amides is 2. The molecule has 1 aromatic heterocycles. The quantitative estimate of drug-likeness (QED) is 0.855. The zero-order chi connectivity index (χ0) is 16.9. The normalized spacial score (nSPS) is 16.8. The molecule has 134 valence electrons. The Balaban J connectivity index is 0.00000225. The van der Waals surface area contributed by atoms with E-state index >= 15 is 0 Å². The zero-order valence-electron chi connectivity index (χ0n) is 13.8. The number of nitrogens with zero attached hydrogens (tertiary/aromatic N) is 1. The number of carbonyl (C=O) groups excluding carboxylic acids is 2. The Bertz CT molecular complexity index is 721. The first kappa shape index (κ1) is 19.4. The number of nitrogens with two attached hydrogens (primary N) is 1. The van der Waals surface area contributed by atoms with Crippen LogP contribution in [0.5, 0.6) is 0 Å². The van der Waals surface area contributed by atoms with Gasteiger partial charge in [-0.1, -0.05) is 12.1 Å². The Kier molecular flexibility index (Phi) is 6.99. The first-order valence-electron chi connectivity index (χ1n) is 8.15. The van der Waals surface area contributed by atoms with Crippen LogP contribution in [0.4, 0.5) is 5.69 Å². The highest BCUT2D eigenvalue weighted by Crippen LogP contribution is 2.21. The van der Waals surface area contributed by atoms with Gasteiger partial charge >= 0.3 is 0 Å². The van der Waals surface area contributed by atoms with E-state index < -0.39 is 0 Å². The van der Waals surface area contributed by atoms with Crippen molar-refractivity contribution >= 4 is 41.2 Å². The second kappa shape index (κ2) is 8.99. The molecule has 1 unspecified atom stereocenters. The number of rotatable bonds is 4. The van der Waals surface area contributed by atoms with Crippen molar-refractivity contribution in [3.05, 3.63) is 52.2 Å². The Morgan fingerprint density at radius 1 is 1.24 bits per heavy atom. The smallest absolute Gasteiger partial charge is 0.265 e. The lowest BCUT2D eigenvalue weighted by molar-refractivity contribution is 0.0623. The summed E-state index contributed by atoms with van der Waals surface area (Å²) < 4.78 is 0. The molecule has 7 heteroatoms. The Morgan fingerprint density at radius 2 is 2.08 bits per heavy atom. The van der Waals surface area contributed by atoms with Crippen LogP contribution in [-0.2, 0) is 0 Å². The lowest BCUT2D eigenvalue weighted by Crippen LogP contribution is -2.47. The van der Waals surface area contributed by atoms with E-state index in [0.29, 0.717) is 22.7 Å². The molecule has 0 aliphatic carbocycles. The molecule has 1 fully saturated rings. The molecule has 25 heavy (non-hydrogen) atoms. The molecule has 0 saturated carbocycles. The maximum Gasteiger partial charge on any atom is 0.265 e. The largest absolute Gasteiger partial charge is 0.334 e. The van der Waals surface area contributed by atoms with Gasteiger partial charge in [-0.2, -0.15) is 0 Å². The van der Waals surface area contributed by atoms with Gasteiger partial charge in [-0.25, -0.2) is 0 Å². The molecule has 1 saturated heterocycles. The molecule has 0 spiro atoms. The third-order valence-corrected chi connectivity index (χ3v) is 5.14. The minimum absolute atomic E-state index is 0. The van der Waals surface area contributed by atoms with Crippen molar-refractivity contribution in [2.24, 2.45) is 5.73 Å². The monoisotopic (exact) mass is 379 g/mol. The third kappa shape index (κ3) is 4.60. The van der Waals surface area contributed by atoms with E-state index in [-0.39, 0.29) is 30.3 Å². The highest BCUT2D eigenvalue weighted by molar-refractivity contribution is 7.12. The average molecular weight is 380 g/mol. The van der Waals surface area contributed by atoms with E-state index in [4.69, 9.17) is 5.73 Å². The van der Waals surface area contributed by atoms with Crippen molar-refractivity contribution in [1.29, 1.82) is 0 Å². The number of anilines is 1. The molecule has 2 heterocycles. The first-order valence-corrected chi connectivity index (χ1v) is 9.03. The van der Waals surface area contributed by atoms with Crippen LogP contribution in [0.2, 0.25) is 0 Å². The van der Waals surface area contributed by atoms with E-state index in [1.807, 2.05) is 16.3 Å². The van der Waals surface area contributed by atoms with Gasteiger partial charge in [-0.3, -0.25) is 9.59 Å². The number of likely N-dealkylation sites (tertiary alicyclic amines) is 1. The molecule has 1 aromatic carbocycles. The topological polar surface area (TPSA) is 75.4 Å². The summed E-state index contributed by atoms with van der Waals surface area (Å²) in [6.45, 7) is 1.23. The van der Waals surface area contributed by atoms with Gasteiger partial charge in [0.1, 0.15) is 0 Å². The molecule has 5 nitrogen and oxygen atoms in total. The predicted molar refractivity (Wildman–Crippen MR) is 104 cm³/mol. The third-order valence-electron chi connectivity index (χ3n) is 4.27. The minimum atomic E-state index is -0.160. The maximum atomic E-state index is 12.8. The van der Waals surface area contributed by atoms with Crippen LogP contribution in [0.1, 0.15) is 39.3 Å². The number of carbonyl (C=O) groups is 2. The standard InChI is InChI=1S/C18H21N3O2S.ClH/c19-12-15-7-1-2-9-21(15)18(23)13-5-3-6-14(11-13)20-17(22)16-8-4-10-24-16;/h3-6,8,10-11,15H,1-2,7,9,12,19H2,(H,20,22);1H. The number of thiophene rings is 1. The molecule has 0 radical (unpaired) electrons. The lowest BCUT2D eigenvalue weighted by atomic mass is 10.0. The summed E-state index contributed by atoms with van der Waals surface area (Å²) in [5, 5.41) is 4.70. The van der Waals surface area contributed by atoms with Crippen LogP contribution in [0.3, 0.4) is 0 Å². The van der Waals surface area contributed by atoms with E-state index in [9.17, 15) is 9.59 Å². The highest BCUT2D eigenvalue weighted by Gasteiger charge is 2.26. The fraction of sp³-hybridized carbons (Fsp3) is 0.333. The molecule has 0 bridgehead atoms. The molecule has 2 amide bonds. The van der Waals surface area contributed by atoms with Gasteiger partial charge in [0.25, 0.3) is 11.8 Å². The first-order chi connectivity index (χ1) is 11.7. The highest BCUT2D eigenvalue weighted by atomic mass is 35.5. The minimum Gasteiger partial charge on any atom is -0.334 e. The van der Waals surface area contributed by atoms with Crippen molar-refractivity contribution in [1.82, 2.24) is 4.90 Å². The summed E-state index contributed by atoms with van der Waals surface area (Å²) in [6, 6.07) is 10.8. The number of nitrogens with one attached hydrogen (secondary N) is 1. The second-order valence-corrected chi connectivity index (χ2v) is 6.84. The Morgan fingerprint density at radius 3 is 2.80 bits per heavy atom. The van der Waals surface area contributed by atoms with Gasteiger partial charge in [0.15, 0.2) is 0 Å². The van der Waals surface area contributed by atoms with Crippen molar-refractivity contribution < 1.29 is 9.59 Å².